The van der Waals surface area contributed by atoms with Gasteiger partial charge >= 0.3 is 6.03 Å². The number of nitrogens with one attached hydrogen (secondary N) is 1. The van der Waals surface area contributed by atoms with Crippen LogP contribution in [0, 0.1) is 0 Å². The zero-order valence-electron chi connectivity index (χ0n) is 18.7. The molecule has 1 atom stereocenters. The molecule has 0 saturated carbocycles. The van der Waals surface area contributed by atoms with Gasteiger partial charge in [-0.05, 0) is 41.5 Å². The fourth-order valence-corrected chi connectivity index (χ4v) is 4.66. The number of rotatable bonds is 7. The molecule has 1 unspecified atom stereocenters. The summed E-state index contributed by atoms with van der Waals surface area (Å²) in [6.45, 7) is 14.5. The van der Waals surface area contributed by atoms with Gasteiger partial charge in [0.25, 0.3) is 0 Å². The van der Waals surface area contributed by atoms with Gasteiger partial charge in [-0.15, -0.1) is 0 Å². The summed E-state index contributed by atoms with van der Waals surface area (Å²) in [6.07, 6.45) is 0. The fraction of sp³-hybridized carbons (Fsp3) is 0.700. The van der Waals surface area contributed by atoms with Gasteiger partial charge in [-0.2, -0.15) is 0 Å². The van der Waals surface area contributed by atoms with Crippen LogP contribution in [0.25, 0.3) is 0 Å². The SMILES string of the molecule is CCNC(=O)N1CCN(c2cc(Cl)nc(SCC(=O)N(C(C)C)C(C)C)n2)CC1C. The summed E-state index contributed by atoms with van der Waals surface area (Å²) in [4.78, 5) is 39.5. The van der Waals surface area contributed by atoms with E-state index in [1.807, 2.05) is 51.3 Å². The van der Waals surface area contributed by atoms with Gasteiger partial charge in [0.2, 0.25) is 5.91 Å². The molecule has 1 N–H and O–H groups in total. The normalized spacial score (nSPS) is 16.9. The number of amides is 3. The molecule has 0 spiro atoms. The van der Waals surface area contributed by atoms with Gasteiger partial charge in [0.1, 0.15) is 11.0 Å². The van der Waals surface area contributed by atoms with Crippen molar-refractivity contribution >= 4 is 41.1 Å². The van der Waals surface area contributed by atoms with Crippen molar-refractivity contribution in [3.05, 3.63) is 11.2 Å². The van der Waals surface area contributed by atoms with Crippen LogP contribution >= 0.6 is 23.4 Å². The third-order valence-electron chi connectivity index (χ3n) is 4.93. The Morgan fingerprint density at radius 3 is 2.50 bits per heavy atom. The van der Waals surface area contributed by atoms with E-state index < -0.39 is 0 Å². The third kappa shape index (κ3) is 6.38. The summed E-state index contributed by atoms with van der Waals surface area (Å²) in [5.41, 5.74) is 0. The average Bonchev–Trinajstić information content (AvgIpc) is 2.65. The number of aromatic nitrogens is 2. The summed E-state index contributed by atoms with van der Waals surface area (Å²) in [6, 6.07) is 2.01. The second-order valence-corrected chi connectivity index (χ2v) is 9.26. The minimum Gasteiger partial charge on any atom is -0.353 e. The lowest BCUT2D eigenvalue weighted by Crippen LogP contribution is -2.56. The molecule has 3 amide bonds. The molecule has 2 heterocycles. The molecule has 1 aromatic heterocycles. The Morgan fingerprint density at radius 1 is 1.27 bits per heavy atom. The molecular weight excluding hydrogens is 424 g/mol. The molecule has 1 aliphatic heterocycles. The topological polar surface area (TPSA) is 81.7 Å². The molecule has 168 valence electrons. The Labute approximate surface area is 188 Å². The second kappa shape index (κ2) is 11.0. The smallest absolute Gasteiger partial charge is 0.317 e. The van der Waals surface area contributed by atoms with E-state index in [0.717, 1.165) is 5.82 Å². The lowest BCUT2D eigenvalue weighted by atomic mass is 10.2. The number of piperazine rings is 1. The Bertz CT molecular complexity index is 740. The van der Waals surface area contributed by atoms with Crippen LogP contribution in [0.15, 0.2) is 11.2 Å². The van der Waals surface area contributed by atoms with Gasteiger partial charge in [0.05, 0.1) is 5.75 Å². The first-order valence-electron chi connectivity index (χ1n) is 10.4. The van der Waals surface area contributed by atoms with Crippen molar-refractivity contribution in [2.24, 2.45) is 0 Å². The molecule has 1 aromatic rings. The predicted octanol–water partition coefficient (Wildman–Crippen LogP) is 3.11. The maximum Gasteiger partial charge on any atom is 0.317 e. The van der Waals surface area contributed by atoms with Gasteiger partial charge in [-0.25, -0.2) is 14.8 Å². The molecule has 10 heteroatoms. The first kappa shape index (κ1) is 24.5. The van der Waals surface area contributed by atoms with Gasteiger partial charge in [-0.3, -0.25) is 4.79 Å². The Balaban J connectivity index is 2.05. The third-order valence-corrected chi connectivity index (χ3v) is 5.95. The van der Waals surface area contributed by atoms with E-state index in [1.54, 1.807) is 6.07 Å². The number of nitrogens with zero attached hydrogens (tertiary/aromatic N) is 5. The van der Waals surface area contributed by atoms with E-state index in [9.17, 15) is 9.59 Å². The van der Waals surface area contributed by atoms with Crippen molar-refractivity contribution in [2.75, 3.05) is 36.8 Å². The molecule has 1 saturated heterocycles. The van der Waals surface area contributed by atoms with Gasteiger partial charge in [0, 0.05) is 50.4 Å². The van der Waals surface area contributed by atoms with E-state index in [-0.39, 0.29) is 35.8 Å². The van der Waals surface area contributed by atoms with Crippen LogP contribution in [-0.2, 0) is 4.79 Å². The van der Waals surface area contributed by atoms with Gasteiger partial charge in [0.15, 0.2) is 5.16 Å². The highest BCUT2D eigenvalue weighted by atomic mass is 35.5. The number of thioether (sulfide) groups is 1. The van der Waals surface area contributed by atoms with E-state index in [0.29, 0.717) is 36.5 Å². The molecule has 2 rings (SSSR count). The van der Waals surface area contributed by atoms with Crippen LogP contribution in [0.3, 0.4) is 0 Å². The minimum atomic E-state index is -0.0417. The number of anilines is 1. The molecule has 8 nitrogen and oxygen atoms in total. The van der Waals surface area contributed by atoms with Crippen LogP contribution in [-0.4, -0.2) is 81.8 Å². The molecular formula is C20H33ClN6O2S. The summed E-state index contributed by atoms with van der Waals surface area (Å²) in [5.74, 6) is 1.04. The maximum atomic E-state index is 12.6. The monoisotopic (exact) mass is 456 g/mol. The van der Waals surface area contributed by atoms with E-state index in [2.05, 4.69) is 20.2 Å². The Morgan fingerprint density at radius 2 is 1.93 bits per heavy atom. The predicted molar refractivity (Wildman–Crippen MR) is 122 cm³/mol. The summed E-state index contributed by atoms with van der Waals surface area (Å²) in [5, 5.41) is 3.68. The lowest BCUT2D eigenvalue weighted by Gasteiger charge is -2.40. The van der Waals surface area contributed by atoms with E-state index >= 15 is 0 Å². The minimum absolute atomic E-state index is 0.0417. The molecule has 0 radical (unpaired) electrons. The van der Waals surface area contributed by atoms with Crippen LogP contribution < -0.4 is 10.2 Å². The van der Waals surface area contributed by atoms with Crippen LogP contribution in [0.1, 0.15) is 41.5 Å². The number of halogens is 1. The highest BCUT2D eigenvalue weighted by molar-refractivity contribution is 7.99. The first-order valence-corrected chi connectivity index (χ1v) is 11.8. The number of hydrogen-bond donors (Lipinski definition) is 1. The number of carbonyl (C=O) groups is 2. The molecule has 0 bridgehead atoms. The quantitative estimate of drug-likeness (QED) is 0.385. The lowest BCUT2D eigenvalue weighted by molar-refractivity contribution is -0.131. The van der Waals surface area contributed by atoms with Crippen molar-refractivity contribution in [1.29, 1.82) is 0 Å². The average molecular weight is 457 g/mol. The van der Waals surface area contributed by atoms with Crippen LogP contribution in [0.5, 0.6) is 0 Å². The molecule has 0 aliphatic carbocycles. The van der Waals surface area contributed by atoms with Crippen molar-refractivity contribution in [1.82, 2.24) is 25.1 Å². The summed E-state index contributed by atoms with van der Waals surface area (Å²) in [7, 11) is 0. The largest absolute Gasteiger partial charge is 0.353 e. The molecule has 1 aliphatic rings. The second-order valence-electron chi connectivity index (χ2n) is 7.93. The molecule has 30 heavy (non-hydrogen) atoms. The number of urea groups is 1. The zero-order valence-corrected chi connectivity index (χ0v) is 20.3. The number of carbonyl (C=O) groups excluding carboxylic acids is 2. The fourth-order valence-electron chi connectivity index (χ4n) is 3.71. The van der Waals surface area contributed by atoms with Crippen molar-refractivity contribution in [2.45, 2.75) is 64.8 Å². The highest BCUT2D eigenvalue weighted by Crippen LogP contribution is 2.24. The first-order chi connectivity index (χ1) is 14.1. The standard InChI is InChI=1S/C20H33ClN6O2S/c1-7-22-20(29)26-9-8-25(11-15(26)6)17-10-16(21)23-19(24-17)30-12-18(28)27(13(2)3)14(4)5/h10,13-15H,7-9,11-12H2,1-6H3,(H,22,29). The van der Waals surface area contributed by atoms with Crippen molar-refractivity contribution < 1.29 is 9.59 Å². The zero-order chi connectivity index (χ0) is 22.4. The molecule has 0 aromatic carbocycles. The van der Waals surface area contributed by atoms with Gasteiger partial charge < -0.3 is 20.0 Å². The summed E-state index contributed by atoms with van der Waals surface area (Å²) >= 11 is 7.54. The van der Waals surface area contributed by atoms with Gasteiger partial charge in [-0.1, -0.05) is 23.4 Å². The Kier molecular flexibility index (Phi) is 9.03. The van der Waals surface area contributed by atoms with Crippen molar-refractivity contribution in [3.63, 3.8) is 0 Å². The van der Waals surface area contributed by atoms with Crippen LogP contribution in [0.4, 0.5) is 10.6 Å². The number of hydrogen-bond acceptors (Lipinski definition) is 6. The van der Waals surface area contributed by atoms with E-state index in [1.165, 1.54) is 11.8 Å². The highest BCUT2D eigenvalue weighted by Gasteiger charge is 2.28. The summed E-state index contributed by atoms with van der Waals surface area (Å²) < 4.78 is 0. The van der Waals surface area contributed by atoms with E-state index in [4.69, 9.17) is 11.6 Å². The maximum absolute atomic E-state index is 12.6. The Hall–Kier alpha value is -1.74. The van der Waals surface area contributed by atoms with Crippen LogP contribution in [0.2, 0.25) is 5.15 Å². The van der Waals surface area contributed by atoms with Crippen molar-refractivity contribution in [3.8, 4) is 0 Å². The molecule has 1 fully saturated rings.